The summed E-state index contributed by atoms with van der Waals surface area (Å²) in [5, 5.41) is 1.08. The van der Waals surface area contributed by atoms with E-state index >= 15 is 0 Å². The number of likely N-dealkylation sites (tertiary alicyclic amines) is 1. The first-order chi connectivity index (χ1) is 14.6. The maximum absolute atomic E-state index is 12.6. The molecule has 6 heteroatoms. The number of benzene rings is 2. The van der Waals surface area contributed by atoms with Crippen LogP contribution in [0.15, 0.2) is 54.6 Å². The third-order valence-electron chi connectivity index (χ3n) is 5.23. The Morgan fingerprint density at radius 2 is 2.10 bits per heavy atom. The number of piperidine rings is 1. The standard InChI is InChI=1S/C24H24N2O3S/c1-17-6-4-7-18(14-17)11-12-23(28)29-16-22(27)26-13-5-8-19(15-26)24-25-20-9-2-3-10-21(20)30-24/h2-4,6-7,9-12,14,19H,5,8,13,15-16H2,1H3/b12-11+/t19-/m0/s1. The number of thiazole rings is 1. The summed E-state index contributed by atoms with van der Waals surface area (Å²) in [6.45, 7) is 3.07. The van der Waals surface area contributed by atoms with Gasteiger partial charge >= 0.3 is 5.97 Å². The van der Waals surface area contributed by atoms with E-state index in [9.17, 15) is 9.59 Å². The largest absolute Gasteiger partial charge is 0.452 e. The molecule has 0 saturated carbocycles. The van der Waals surface area contributed by atoms with Gasteiger partial charge < -0.3 is 9.64 Å². The number of nitrogens with zero attached hydrogens (tertiary/aromatic N) is 2. The summed E-state index contributed by atoms with van der Waals surface area (Å²) >= 11 is 1.70. The van der Waals surface area contributed by atoms with Gasteiger partial charge in [0.25, 0.3) is 5.91 Å². The number of rotatable bonds is 5. The molecule has 1 amide bonds. The van der Waals surface area contributed by atoms with Crippen molar-refractivity contribution in [1.82, 2.24) is 9.88 Å². The molecule has 2 aromatic carbocycles. The molecule has 1 atom stereocenters. The second-order valence-corrected chi connectivity index (χ2v) is 8.62. The van der Waals surface area contributed by atoms with Gasteiger partial charge in [-0.3, -0.25) is 4.79 Å². The molecule has 1 aliphatic heterocycles. The number of para-hydroxylation sites is 1. The Morgan fingerprint density at radius 3 is 2.93 bits per heavy atom. The Balaban J connectivity index is 1.31. The van der Waals surface area contributed by atoms with Crippen LogP contribution in [-0.2, 0) is 14.3 Å². The van der Waals surface area contributed by atoms with Crippen molar-refractivity contribution in [3.05, 3.63) is 70.7 Å². The molecule has 0 N–H and O–H groups in total. The summed E-state index contributed by atoms with van der Waals surface area (Å²) < 4.78 is 6.34. The van der Waals surface area contributed by atoms with Crippen LogP contribution >= 0.6 is 11.3 Å². The lowest BCUT2D eigenvalue weighted by Gasteiger charge is -2.31. The molecule has 3 aromatic rings. The Kier molecular flexibility index (Phi) is 6.23. The molecule has 0 bridgehead atoms. The Bertz CT molecular complexity index is 1060. The minimum absolute atomic E-state index is 0.155. The molecule has 30 heavy (non-hydrogen) atoms. The Morgan fingerprint density at radius 1 is 1.23 bits per heavy atom. The molecular formula is C24H24N2O3S. The number of carbonyl (C=O) groups is 2. The van der Waals surface area contributed by atoms with E-state index in [1.165, 1.54) is 10.8 Å². The Hall–Kier alpha value is -2.99. The number of carbonyl (C=O) groups excluding carboxylic acids is 2. The number of esters is 1. The minimum atomic E-state index is -0.510. The minimum Gasteiger partial charge on any atom is -0.452 e. The van der Waals surface area contributed by atoms with Crippen LogP contribution in [-0.4, -0.2) is 41.5 Å². The SMILES string of the molecule is Cc1cccc(/C=C/C(=O)OCC(=O)N2CCC[C@H](c3nc4ccccc4s3)C2)c1. The molecular weight excluding hydrogens is 396 g/mol. The number of fused-ring (bicyclic) bond motifs is 1. The summed E-state index contributed by atoms with van der Waals surface area (Å²) in [6.07, 6.45) is 5.00. The van der Waals surface area contributed by atoms with E-state index in [1.807, 2.05) is 49.4 Å². The highest BCUT2D eigenvalue weighted by atomic mass is 32.1. The lowest BCUT2D eigenvalue weighted by Crippen LogP contribution is -2.41. The number of amides is 1. The van der Waals surface area contributed by atoms with Crippen molar-refractivity contribution in [2.75, 3.05) is 19.7 Å². The van der Waals surface area contributed by atoms with Gasteiger partial charge in [-0.2, -0.15) is 0 Å². The van der Waals surface area contributed by atoms with Gasteiger partial charge in [-0.1, -0.05) is 42.0 Å². The first kappa shape index (κ1) is 20.3. The fourth-order valence-corrected chi connectivity index (χ4v) is 4.77. The van der Waals surface area contributed by atoms with Gasteiger partial charge in [-0.25, -0.2) is 9.78 Å². The Labute approximate surface area is 180 Å². The molecule has 5 nitrogen and oxygen atoms in total. The van der Waals surface area contributed by atoms with Crippen LogP contribution in [0.1, 0.15) is 34.9 Å². The summed E-state index contributed by atoms with van der Waals surface area (Å²) in [5.41, 5.74) is 3.05. The highest BCUT2D eigenvalue weighted by molar-refractivity contribution is 7.18. The van der Waals surface area contributed by atoms with E-state index in [0.29, 0.717) is 13.1 Å². The zero-order chi connectivity index (χ0) is 20.9. The topological polar surface area (TPSA) is 59.5 Å². The van der Waals surface area contributed by atoms with Gasteiger partial charge in [0, 0.05) is 25.1 Å². The summed E-state index contributed by atoms with van der Waals surface area (Å²) in [4.78, 5) is 31.1. The third kappa shape index (κ3) is 4.94. The molecule has 0 radical (unpaired) electrons. The predicted molar refractivity (Wildman–Crippen MR) is 119 cm³/mol. The van der Waals surface area contributed by atoms with E-state index in [1.54, 1.807) is 22.3 Å². The van der Waals surface area contributed by atoms with Crippen molar-refractivity contribution >= 4 is 39.5 Å². The van der Waals surface area contributed by atoms with Crippen LogP contribution in [0, 0.1) is 6.92 Å². The third-order valence-corrected chi connectivity index (χ3v) is 6.42. The lowest BCUT2D eigenvalue weighted by molar-refractivity contribution is -0.148. The van der Waals surface area contributed by atoms with Gasteiger partial charge in [-0.05, 0) is 43.5 Å². The highest BCUT2D eigenvalue weighted by Gasteiger charge is 2.27. The molecule has 1 fully saturated rings. The number of aryl methyl sites for hydroxylation is 1. The lowest BCUT2D eigenvalue weighted by atomic mass is 9.99. The summed E-state index contributed by atoms with van der Waals surface area (Å²) in [7, 11) is 0. The fraction of sp³-hybridized carbons (Fsp3) is 0.292. The van der Waals surface area contributed by atoms with Crippen LogP contribution < -0.4 is 0 Å². The van der Waals surface area contributed by atoms with Crippen LogP contribution in [0.5, 0.6) is 0 Å². The molecule has 1 aromatic heterocycles. The quantitative estimate of drug-likeness (QED) is 0.448. The number of hydrogen-bond acceptors (Lipinski definition) is 5. The van der Waals surface area contributed by atoms with Gasteiger partial charge in [0.05, 0.1) is 15.2 Å². The van der Waals surface area contributed by atoms with E-state index < -0.39 is 5.97 Å². The average Bonchev–Trinajstić information content (AvgIpc) is 3.20. The zero-order valence-corrected chi connectivity index (χ0v) is 17.7. The first-order valence-corrected chi connectivity index (χ1v) is 10.9. The van der Waals surface area contributed by atoms with Gasteiger partial charge in [0.15, 0.2) is 6.61 Å². The molecule has 0 aliphatic carbocycles. The van der Waals surface area contributed by atoms with Crippen LogP contribution in [0.4, 0.5) is 0 Å². The van der Waals surface area contributed by atoms with Crippen LogP contribution in [0.2, 0.25) is 0 Å². The predicted octanol–water partition coefficient (Wildman–Crippen LogP) is 4.57. The van der Waals surface area contributed by atoms with Gasteiger partial charge in [0.1, 0.15) is 0 Å². The molecule has 4 rings (SSSR count). The monoisotopic (exact) mass is 420 g/mol. The molecule has 0 spiro atoms. The van der Waals surface area contributed by atoms with E-state index in [4.69, 9.17) is 9.72 Å². The van der Waals surface area contributed by atoms with Crippen LogP contribution in [0.25, 0.3) is 16.3 Å². The van der Waals surface area contributed by atoms with E-state index in [0.717, 1.165) is 34.5 Å². The molecule has 154 valence electrons. The van der Waals surface area contributed by atoms with Crippen molar-refractivity contribution < 1.29 is 14.3 Å². The fourth-order valence-electron chi connectivity index (χ4n) is 3.68. The molecule has 1 aliphatic rings. The van der Waals surface area contributed by atoms with Crippen molar-refractivity contribution in [2.45, 2.75) is 25.7 Å². The van der Waals surface area contributed by atoms with Crippen molar-refractivity contribution in [1.29, 1.82) is 0 Å². The smallest absolute Gasteiger partial charge is 0.331 e. The molecule has 2 heterocycles. The molecule has 0 unspecified atom stereocenters. The van der Waals surface area contributed by atoms with Crippen molar-refractivity contribution in [3.8, 4) is 0 Å². The number of aromatic nitrogens is 1. The van der Waals surface area contributed by atoms with Crippen LogP contribution in [0.3, 0.4) is 0 Å². The van der Waals surface area contributed by atoms with E-state index in [2.05, 4.69) is 6.07 Å². The van der Waals surface area contributed by atoms with Crippen molar-refractivity contribution in [3.63, 3.8) is 0 Å². The maximum Gasteiger partial charge on any atom is 0.331 e. The zero-order valence-electron chi connectivity index (χ0n) is 16.9. The van der Waals surface area contributed by atoms with E-state index in [-0.39, 0.29) is 18.4 Å². The average molecular weight is 421 g/mol. The number of hydrogen-bond donors (Lipinski definition) is 0. The van der Waals surface area contributed by atoms with Gasteiger partial charge in [0.2, 0.25) is 0 Å². The molecule has 1 saturated heterocycles. The summed E-state index contributed by atoms with van der Waals surface area (Å²) in [5.74, 6) is -0.431. The normalized spacial score (nSPS) is 16.8. The maximum atomic E-state index is 12.6. The first-order valence-electron chi connectivity index (χ1n) is 10.1. The van der Waals surface area contributed by atoms with Gasteiger partial charge in [-0.15, -0.1) is 11.3 Å². The van der Waals surface area contributed by atoms with Crippen molar-refractivity contribution in [2.24, 2.45) is 0 Å². The summed E-state index contributed by atoms with van der Waals surface area (Å²) in [6, 6.07) is 15.9. The number of ether oxygens (including phenoxy) is 1. The second kappa shape index (κ2) is 9.22. The second-order valence-electron chi connectivity index (χ2n) is 7.55. The highest BCUT2D eigenvalue weighted by Crippen LogP contribution is 2.32.